The Hall–Kier alpha value is -2.10. The van der Waals surface area contributed by atoms with Crippen molar-refractivity contribution in [3.05, 3.63) is 47.2 Å². The van der Waals surface area contributed by atoms with Crippen LogP contribution in [0.1, 0.15) is 43.5 Å². The van der Waals surface area contributed by atoms with Crippen LogP contribution in [0.25, 0.3) is 0 Å². The van der Waals surface area contributed by atoms with E-state index in [1.807, 2.05) is 0 Å². The molecular formula is C19H24N4. The van der Waals surface area contributed by atoms with E-state index in [1.54, 1.807) is 0 Å². The van der Waals surface area contributed by atoms with Crippen LogP contribution in [0.3, 0.4) is 0 Å². The molecule has 1 aromatic heterocycles. The van der Waals surface area contributed by atoms with Crippen molar-refractivity contribution in [1.29, 1.82) is 0 Å². The second-order valence-electron chi connectivity index (χ2n) is 6.76. The standard InChI is InChI=1S/C19H24N4/c1-3-16-11-18(22-19(20-16)21-17-8-9-17)23-12-15-7-5-4-6-14(15)10-13(23)2/h4-7,11,13,17H,3,8-10,12H2,1-2H3,(H,20,21,22)/t13-/m0/s1. The molecule has 0 unspecified atom stereocenters. The Morgan fingerprint density at radius 2 is 1.96 bits per heavy atom. The smallest absolute Gasteiger partial charge is 0.225 e. The third kappa shape index (κ3) is 3.03. The average molecular weight is 308 g/mol. The second-order valence-corrected chi connectivity index (χ2v) is 6.76. The van der Waals surface area contributed by atoms with Crippen molar-refractivity contribution in [3.8, 4) is 0 Å². The first kappa shape index (κ1) is 14.5. The molecule has 1 atom stereocenters. The largest absolute Gasteiger partial charge is 0.351 e. The Bertz CT molecular complexity index is 708. The lowest BCUT2D eigenvalue weighted by atomic mass is 9.95. The van der Waals surface area contributed by atoms with Crippen LogP contribution in [0, 0.1) is 0 Å². The third-order valence-corrected chi connectivity index (χ3v) is 4.84. The summed E-state index contributed by atoms with van der Waals surface area (Å²) in [5.41, 5.74) is 4.00. The minimum atomic E-state index is 0.457. The Balaban J connectivity index is 1.66. The molecule has 1 aromatic carbocycles. The van der Waals surface area contributed by atoms with Gasteiger partial charge in [-0.25, -0.2) is 4.98 Å². The third-order valence-electron chi connectivity index (χ3n) is 4.84. The highest BCUT2D eigenvalue weighted by Gasteiger charge is 2.26. The van der Waals surface area contributed by atoms with Gasteiger partial charge in [0.15, 0.2) is 0 Å². The van der Waals surface area contributed by atoms with Gasteiger partial charge in [0.05, 0.1) is 0 Å². The summed E-state index contributed by atoms with van der Waals surface area (Å²) >= 11 is 0. The molecule has 1 aliphatic carbocycles. The van der Waals surface area contributed by atoms with Gasteiger partial charge in [0.1, 0.15) is 5.82 Å². The van der Waals surface area contributed by atoms with E-state index in [2.05, 4.69) is 59.4 Å². The van der Waals surface area contributed by atoms with Gasteiger partial charge in [0, 0.05) is 30.4 Å². The lowest BCUT2D eigenvalue weighted by Crippen LogP contribution is -2.39. The summed E-state index contributed by atoms with van der Waals surface area (Å²) in [4.78, 5) is 11.9. The molecule has 1 fully saturated rings. The minimum absolute atomic E-state index is 0.457. The summed E-state index contributed by atoms with van der Waals surface area (Å²) in [6.07, 6.45) is 4.49. The predicted octanol–water partition coefficient (Wildman–Crippen LogP) is 3.56. The van der Waals surface area contributed by atoms with Gasteiger partial charge in [-0.3, -0.25) is 0 Å². The van der Waals surface area contributed by atoms with Crippen molar-refractivity contribution >= 4 is 11.8 Å². The van der Waals surface area contributed by atoms with Crippen molar-refractivity contribution in [2.75, 3.05) is 10.2 Å². The van der Waals surface area contributed by atoms with E-state index in [0.717, 1.165) is 36.8 Å². The fourth-order valence-electron chi connectivity index (χ4n) is 3.27. The summed E-state index contributed by atoms with van der Waals surface area (Å²) < 4.78 is 0. The van der Waals surface area contributed by atoms with Crippen molar-refractivity contribution in [3.63, 3.8) is 0 Å². The number of hydrogen-bond donors (Lipinski definition) is 1. The number of anilines is 2. The number of fused-ring (bicyclic) bond motifs is 1. The molecule has 2 aliphatic rings. The molecule has 4 nitrogen and oxygen atoms in total. The Kier molecular flexibility index (Phi) is 3.68. The van der Waals surface area contributed by atoms with Crippen molar-refractivity contribution in [2.24, 2.45) is 0 Å². The Morgan fingerprint density at radius 1 is 1.17 bits per heavy atom. The van der Waals surface area contributed by atoms with Crippen LogP contribution in [0.15, 0.2) is 30.3 Å². The molecule has 0 saturated heterocycles. The summed E-state index contributed by atoms with van der Waals surface area (Å²) in [5, 5.41) is 3.46. The molecule has 120 valence electrons. The predicted molar refractivity (Wildman–Crippen MR) is 93.8 cm³/mol. The maximum Gasteiger partial charge on any atom is 0.225 e. The molecule has 1 aliphatic heterocycles. The summed E-state index contributed by atoms with van der Waals surface area (Å²) in [6.45, 7) is 5.37. The minimum Gasteiger partial charge on any atom is -0.351 e. The molecule has 4 heteroatoms. The van der Waals surface area contributed by atoms with E-state index < -0.39 is 0 Å². The molecule has 4 rings (SSSR count). The zero-order valence-corrected chi connectivity index (χ0v) is 13.9. The van der Waals surface area contributed by atoms with Crippen LogP contribution < -0.4 is 10.2 Å². The van der Waals surface area contributed by atoms with Crippen molar-refractivity contribution < 1.29 is 0 Å². The fourth-order valence-corrected chi connectivity index (χ4v) is 3.27. The number of nitrogens with one attached hydrogen (secondary N) is 1. The van der Waals surface area contributed by atoms with Gasteiger partial charge < -0.3 is 10.2 Å². The van der Waals surface area contributed by atoms with Crippen LogP contribution in [-0.4, -0.2) is 22.1 Å². The first-order chi connectivity index (χ1) is 11.2. The molecule has 23 heavy (non-hydrogen) atoms. The number of aryl methyl sites for hydroxylation is 1. The fraction of sp³-hybridized carbons (Fsp3) is 0.474. The molecule has 0 amide bonds. The second kappa shape index (κ2) is 5.84. The monoisotopic (exact) mass is 308 g/mol. The van der Waals surface area contributed by atoms with E-state index in [-0.39, 0.29) is 0 Å². The zero-order chi connectivity index (χ0) is 15.8. The Morgan fingerprint density at radius 3 is 2.70 bits per heavy atom. The number of hydrogen-bond acceptors (Lipinski definition) is 4. The topological polar surface area (TPSA) is 41.1 Å². The van der Waals surface area contributed by atoms with E-state index in [0.29, 0.717) is 12.1 Å². The van der Waals surface area contributed by atoms with E-state index in [4.69, 9.17) is 4.98 Å². The van der Waals surface area contributed by atoms with Crippen LogP contribution in [0.4, 0.5) is 11.8 Å². The van der Waals surface area contributed by atoms with E-state index in [9.17, 15) is 0 Å². The number of rotatable bonds is 4. The van der Waals surface area contributed by atoms with Gasteiger partial charge in [-0.1, -0.05) is 31.2 Å². The van der Waals surface area contributed by atoms with Crippen molar-refractivity contribution in [1.82, 2.24) is 9.97 Å². The number of benzene rings is 1. The molecule has 0 spiro atoms. The van der Waals surface area contributed by atoms with E-state index >= 15 is 0 Å². The SMILES string of the molecule is CCc1cc(N2Cc3ccccc3C[C@@H]2C)nc(NC2CC2)n1. The molecule has 1 saturated carbocycles. The average Bonchev–Trinajstić information content (AvgIpc) is 3.37. The highest BCUT2D eigenvalue weighted by Crippen LogP contribution is 2.29. The molecule has 0 radical (unpaired) electrons. The lowest BCUT2D eigenvalue weighted by molar-refractivity contribution is 0.586. The maximum absolute atomic E-state index is 4.81. The maximum atomic E-state index is 4.81. The van der Waals surface area contributed by atoms with Gasteiger partial charge >= 0.3 is 0 Å². The van der Waals surface area contributed by atoms with Crippen LogP contribution in [0.5, 0.6) is 0 Å². The number of aromatic nitrogens is 2. The van der Waals surface area contributed by atoms with Gasteiger partial charge in [-0.15, -0.1) is 0 Å². The summed E-state index contributed by atoms with van der Waals surface area (Å²) in [7, 11) is 0. The molecule has 1 N–H and O–H groups in total. The molecule has 2 heterocycles. The van der Waals surface area contributed by atoms with E-state index in [1.165, 1.54) is 24.0 Å². The lowest BCUT2D eigenvalue weighted by Gasteiger charge is -2.36. The summed E-state index contributed by atoms with van der Waals surface area (Å²) in [6, 6.07) is 11.9. The van der Waals surface area contributed by atoms with Gasteiger partial charge in [-0.05, 0) is 43.7 Å². The normalized spacial score (nSPS) is 20.3. The van der Waals surface area contributed by atoms with Crippen LogP contribution in [-0.2, 0) is 19.4 Å². The Labute approximate surface area is 138 Å². The highest BCUT2D eigenvalue weighted by molar-refractivity contribution is 5.49. The molecular weight excluding hydrogens is 284 g/mol. The number of nitrogens with zero attached hydrogens (tertiary/aromatic N) is 3. The van der Waals surface area contributed by atoms with Crippen LogP contribution >= 0.6 is 0 Å². The quantitative estimate of drug-likeness (QED) is 0.937. The zero-order valence-electron chi connectivity index (χ0n) is 13.9. The van der Waals surface area contributed by atoms with Gasteiger partial charge in [0.2, 0.25) is 5.95 Å². The molecule has 0 bridgehead atoms. The summed E-state index contributed by atoms with van der Waals surface area (Å²) in [5.74, 6) is 1.86. The van der Waals surface area contributed by atoms with Crippen molar-refractivity contribution in [2.45, 2.75) is 58.2 Å². The highest BCUT2D eigenvalue weighted by atomic mass is 15.3. The first-order valence-electron chi connectivity index (χ1n) is 8.71. The van der Waals surface area contributed by atoms with Gasteiger partial charge in [0.25, 0.3) is 0 Å². The van der Waals surface area contributed by atoms with Crippen LogP contribution in [0.2, 0.25) is 0 Å². The van der Waals surface area contributed by atoms with Gasteiger partial charge in [-0.2, -0.15) is 4.98 Å². The first-order valence-corrected chi connectivity index (χ1v) is 8.71. The molecule has 2 aromatic rings.